The molecule has 0 bridgehead atoms. The number of benzene rings is 1. The number of fused-ring (bicyclic) bond motifs is 1. The van der Waals surface area contributed by atoms with E-state index in [1.54, 1.807) is 0 Å². The van der Waals surface area contributed by atoms with Crippen LogP contribution in [-0.2, 0) is 0 Å². The van der Waals surface area contributed by atoms with E-state index in [4.69, 9.17) is 0 Å². The number of rotatable bonds is 4. The van der Waals surface area contributed by atoms with E-state index in [1.165, 1.54) is 41.3 Å². The molecule has 1 heteroatoms. The van der Waals surface area contributed by atoms with Crippen molar-refractivity contribution < 1.29 is 0 Å². The molecule has 1 nitrogen and oxygen atoms in total. The molecule has 0 amide bonds. The number of aromatic nitrogens is 1. The Labute approximate surface area is 97.9 Å². The highest BCUT2D eigenvalue weighted by Gasteiger charge is 2.10. The van der Waals surface area contributed by atoms with Gasteiger partial charge < -0.3 is 4.98 Å². The van der Waals surface area contributed by atoms with Crippen molar-refractivity contribution in [2.45, 2.75) is 46.0 Å². The van der Waals surface area contributed by atoms with Crippen LogP contribution in [0.1, 0.15) is 50.2 Å². The Balaban J connectivity index is 2.33. The van der Waals surface area contributed by atoms with E-state index in [2.05, 4.69) is 50.2 Å². The predicted octanol–water partition coefficient (Wildman–Crippen LogP) is 4.77. The Morgan fingerprint density at radius 1 is 1.31 bits per heavy atom. The molecule has 2 aromatic rings. The lowest BCUT2D eigenvalue weighted by molar-refractivity contribution is 0.627. The Bertz CT molecular complexity index is 467. The summed E-state index contributed by atoms with van der Waals surface area (Å²) in [7, 11) is 0. The number of unbranched alkanes of at least 4 members (excludes halogenated alkanes) is 1. The lowest BCUT2D eigenvalue weighted by Gasteiger charge is -2.09. The minimum atomic E-state index is 0.662. The van der Waals surface area contributed by atoms with Crippen LogP contribution < -0.4 is 0 Å². The molecule has 0 fully saturated rings. The lowest BCUT2D eigenvalue weighted by atomic mass is 9.95. The van der Waals surface area contributed by atoms with Crippen LogP contribution >= 0.6 is 0 Å². The zero-order chi connectivity index (χ0) is 11.5. The molecule has 0 aliphatic carbocycles. The van der Waals surface area contributed by atoms with Gasteiger partial charge in [0, 0.05) is 17.1 Å². The number of hydrogen-bond acceptors (Lipinski definition) is 0. The second-order valence-corrected chi connectivity index (χ2v) is 4.84. The Morgan fingerprint density at radius 3 is 2.88 bits per heavy atom. The van der Waals surface area contributed by atoms with Gasteiger partial charge in [-0.15, -0.1) is 0 Å². The second-order valence-electron chi connectivity index (χ2n) is 4.84. The predicted molar refractivity (Wildman–Crippen MR) is 71.0 cm³/mol. The van der Waals surface area contributed by atoms with Crippen molar-refractivity contribution in [3.8, 4) is 0 Å². The third-order valence-electron chi connectivity index (χ3n) is 3.39. The number of nitrogens with one attached hydrogen (secondary N) is 1. The average molecular weight is 215 g/mol. The molecule has 1 unspecified atom stereocenters. The molecular weight excluding hydrogens is 194 g/mol. The van der Waals surface area contributed by atoms with Crippen LogP contribution in [0.15, 0.2) is 24.4 Å². The van der Waals surface area contributed by atoms with Gasteiger partial charge in [-0.05, 0) is 37.0 Å². The Morgan fingerprint density at radius 2 is 2.12 bits per heavy atom. The largest absolute Gasteiger partial charge is 0.361 e. The maximum absolute atomic E-state index is 3.37. The van der Waals surface area contributed by atoms with Crippen LogP contribution in [0, 0.1) is 6.92 Å². The highest BCUT2D eigenvalue weighted by molar-refractivity contribution is 5.84. The van der Waals surface area contributed by atoms with Crippen LogP contribution in [0.25, 0.3) is 10.9 Å². The smallest absolute Gasteiger partial charge is 0.0457 e. The molecule has 0 saturated heterocycles. The van der Waals surface area contributed by atoms with Crippen molar-refractivity contribution >= 4 is 10.9 Å². The zero-order valence-corrected chi connectivity index (χ0v) is 10.5. The molecule has 86 valence electrons. The molecule has 0 spiro atoms. The fraction of sp³-hybridized carbons (Fsp3) is 0.467. The average Bonchev–Trinajstić information content (AvgIpc) is 2.68. The van der Waals surface area contributed by atoms with Crippen LogP contribution in [0.5, 0.6) is 0 Å². The summed E-state index contributed by atoms with van der Waals surface area (Å²) in [5.74, 6) is 0.662. The molecule has 1 atom stereocenters. The van der Waals surface area contributed by atoms with Crippen molar-refractivity contribution in [3.05, 3.63) is 35.5 Å². The number of H-pyrrole nitrogens is 1. The van der Waals surface area contributed by atoms with Crippen LogP contribution in [0.4, 0.5) is 0 Å². The molecule has 1 aromatic carbocycles. The summed E-state index contributed by atoms with van der Waals surface area (Å²) in [6.07, 6.45) is 6.08. The number of aromatic amines is 1. The van der Waals surface area contributed by atoms with E-state index in [0.717, 1.165) is 0 Å². The minimum absolute atomic E-state index is 0.662. The molecule has 1 aromatic heterocycles. The van der Waals surface area contributed by atoms with Crippen molar-refractivity contribution in [2.24, 2.45) is 0 Å². The normalized spacial score (nSPS) is 13.2. The molecule has 0 saturated carbocycles. The van der Waals surface area contributed by atoms with E-state index < -0.39 is 0 Å². The molecule has 1 heterocycles. The first kappa shape index (κ1) is 11.3. The van der Waals surface area contributed by atoms with Gasteiger partial charge in [0.15, 0.2) is 0 Å². The summed E-state index contributed by atoms with van der Waals surface area (Å²) in [4.78, 5) is 3.37. The minimum Gasteiger partial charge on any atom is -0.361 e. The highest BCUT2D eigenvalue weighted by Crippen LogP contribution is 2.29. The number of aryl methyl sites for hydroxylation is 1. The standard InChI is InChI=1S/C15H21N/c1-4-5-6-12(3)14-10-16-15-8-7-11(2)9-13(14)15/h7-10,12,16H,4-6H2,1-3H3. The molecule has 16 heavy (non-hydrogen) atoms. The zero-order valence-electron chi connectivity index (χ0n) is 10.5. The summed E-state index contributed by atoms with van der Waals surface area (Å²) < 4.78 is 0. The first-order chi connectivity index (χ1) is 7.72. The summed E-state index contributed by atoms with van der Waals surface area (Å²) in [5, 5.41) is 1.41. The molecule has 1 N–H and O–H groups in total. The van der Waals surface area contributed by atoms with Crippen LogP contribution in [-0.4, -0.2) is 4.98 Å². The van der Waals surface area contributed by atoms with Gasteiger partial charge in [0.1, 0.15) is 0 Å². The van der Waals surface area contributed by atoms with E-state index in [0.29, 0.717) is 5.92 Å². The molecule has 2 rings (SSSR count). The first-order valence-electron chi connectivity index (χ1n) is 6.30. The van der Waals surface area contributed by atoms with Crippen molar-refractivity contribution in [3.63, 3.8) is 0 Å². The molecule has 0 radical (unpaired) electrons. The number of hydrogen-bond donors (Lipinski definition) is 1. The summed E-state index contributed by atoms with van der Waals surface area (Å²) in [6.45, 7) is 6.75. The lowest BCUT2D eigenvalue weighted by Crippen LogP contribution is -1.92. The van der Waals surface area contributed by atoms with Gasteiger partial charge in [-0.1, -0.05) is 38.3 Å². The van der Waals surface area contributed by atoms with Gasteiger partial charge in [0.25, 0.3) is 0 Å². The van der Waals surface area contributed by atoms with Crippen molar-refractivity contribution in [1.29, 1.82) is 0 Å². The third kappa shape index (κ3) is 2.13. The van der Waals surface area contributed by atoms with E-state index in [9.17, 15) is 0 Å². The van der Waals surface area contributed by atoms with Crippen molar-refractivity contribution in [2.75, 3.05) is 0 Å². The fourth-order valence-corrected chi connectivity index (χ4v) is 2.33. The fourth-order valence-electron chi connectivity index (χ4n) is 2.33. The van der Waals surface area contributed by atoms with Crippen molar-refractivity contribution in [1.82, 2.24) is 4.98 Å². The van der Waals surface area contributed by atoms with Crippen LogP contribution in [0.2, 0.25) is 0 Å². The summed E-state index contributed by atoms with van der Waals surface area (Å²) in [6, 6.07) is 6.64. The third-order valence-corrected chi connectivity index (χ3v) is 3.39. The van der Waals surface area contributed by atoms with Gasteiger partial charge >= 0.3 is 0 Å². The highest BCUT2D eigenvalue weighted by atomic mass is 14.7. The van der Waals surface area contributed by atoms with E-state index in [1.807, 2.05) is 0 Å². The Kier molecular flexibility index (Phi) is 3.33. The first-order valence-corrected chi connectivity index (χ1v) is 6.30. The second kappa shape index (κ2) is 4.73. The van der Waals surface area contributed by atoms with Gasteiger partial charge in [0.2, 0.25) is 0 Å². The van der Waals surface area contributed by atoms with Gasteiger partial charge in [0.05, 0.1) is 0 Å². The summed E-state index contributed by atoms with van der Waals surface area (Å²) in [5.41, 5.74) is 4.09. The van der Waals surface area contributed by atoms with E-state index >= 15 is 0 Å². The Hall–Kier alpha value is -1.24. The maximum atomic E-state index is 3.37. The topological polar surface area (TPSA) is 15.8 Å². The van der Waals surface area contributed by atoms with Crippen LogP contribution in [0.3, 0.4) is 0 Å². The molecule has 0 aliphatic rings. The maximum Gasteiger partial charge on any atom is 0.0457 e. The molecular formula is C15H21N. The van der Waals surface area contributed by atoms with Gasteiger partial charge in [-0.3, -0.25) is 0 Å². The quantitative estimate of drug-likeness (QED) is 0.756. The van der Waals surface area contributed by atoms with Gasteiger partial charge in [-0.2, -0.15) is 0 Å². The summed E-state index contributed by atoms with van der Waals surface area (Å²) >= 11 is 0. The van der Waals surface area contributed by atoms with E-state index in [-0.39, 0.29) is 0 Å². The molecule has 0 aliphatic heterocycles. The van der Waals surface area contributed by atoms with Gasteiger partial charge in [-0.25, -0.2) is 0 Å². The monoisotopic (exact) mass is 215 g/mol. The SMILES string of the molecule is CCCCC(C)c1c[nH]c2ccc(C)cc12.